The standard InChI is InChI=1S/C18H24N4O2/c1-2-3-9-18-20-16(21-24-18)13-22-11-10-19-17(23)12-15(22)14-7-5-4-6-8-14/h4-8,15H,2-3,9-13H2,1H3,(H,19,23)/t15-/m1/s1. The van der Waals surface area contributed by atoms with Crippen LogP contribution in [0.25, 0.3) is 0 Å². The Morgan fingerprint density at radius 3 is 2.96 bits per heavy atom. The van der Waals surface area contributed by atoms with Crippen LogP contribution < -0.4 is 5.32 Å². The molecule has 1 aliphatic heterocycles. The zero-order valence-corrected chi connectivity index (χ0v) is 14.1. The van der Waals surface area contributed by atoms with E-state index in [-0.39, 0.29) is 11.9 Å². The molecule has 1 aromatic carbocycles. The zero-order valence-electron chi connectivity index (χ0n) is 14.1. The van der Waals surface area contributed by atoms with Crippen molar-refractivity contribution in [2.75, 3.05) is 13.1 Å². The first-order chi connectivity index (χ1) is 11.8. The normalized spacial score (nSPS) is 19.0. The van der Waals surface area contributed by atoms with E-state index < -0.39 is 0 Å². The maximum absolute atomic E-state index is 12.0. The van der Waals surface area contributed by atoms with Crippen LogP contribution in [0.3, 0.4) is 0 Å². The lowest BCUT2D eigenvalue weighted by Crippen LogP contribution is -2.31. The molecule has 1 aliphatic rings. The number of unbranched alkanes of at least 4 members (excludes halogenated alkanes) is 1. The molecular formula is C18H24N4O2. The van der Waals surface area contributed by atoms with E-state index in [4.69, 9.17) is 4.52 Å². The molecule has 1 fully saturated rings. The molecule has 1 saturated heterocycles. The number of hydrogen-bond donors (Lipinski definition) is 1. The minimum atomic E-state index is 0.0336. The molecule has 1 atom stereocenters. The van der Waals surface area contributed by atoms with Gasteiger partial charge in [-0.05, 0) is 12.0 Å². The van der Waals surface area contributed by atoms with Crippen LogP contribution in [0.1, 0.15) is 49.5 Å². The van der Waals surface area contributed by atoms with Gasteiger partial charge in [0.15, 0.2) is 5.82 Å². The van der Waals surface area contributed by atoms with Crippen LogP contribution in [-0.4, -0.2) is 34.0 Å². The van der Waals surface area contributed by atoms with E-state index in [1.807, 2.05) is 18.2 Å². The van der Waals surface area contributed by atoms with Crippen molar-refractivity contribution in [3.8, 4) is 0 Å². The van der Waals surface area contributed by atoms with Crippen LogP contribution >= 0.6 is 0 Å². The lowest BCUT2D eigenvalue weighted by atomic mass is 10.0. The van der Waals surface area contributed by atoms with Gasteiger partial charge >= 0.3 is 0 Å². The molecule has 0 radical (unpaired) electrons. The number of nitrogens with zero attached hydrogens (tertiary/aromatic N) is 3. The third-order valence-electron chi connectivity index (χ3n) is 4.32. The Kier molecular flexibility index (Phi) is 5.59. The molecule has 0 saturated carbocycles. The van der Waals surface area contributed by atoms with Crippen molar-refractivity contribution in [1.29, 1.82) is 0 Å². The SMILES string of the molecule is CCCCc1nc(CN2CCNC(=O)C[C@@H]2c2ccccc2)no1. The number of rotatable bonds is 6. The average Bonchev–Trinajstić information content (AvgIpc) is 2.96. The second-order valence-corrected chi connectivity index (χ2v) is 6.16. The molecule has 6 heteroatoms. The quantitative estimate of drug-likeness (QED) is 0.882. The van der Waals surface area contributed by atoms with Crippen molar-refractivity contribution in [3.63, 3.8) is 0 Å². The van der Waals surface area contributed by atoms with Gasteiger partial charge in [-0.1, -0.05) is 48.8 Å². The Bertz CT molecular complexity index is 656. The number of hydrogen-bond acceptors (Lipinski definition) is 5. The highest BCUT2D eigenvalue weighted by Gasteiger charge is 2.27. The highest BCUT2D eigenvalue weighted by molar-refractivity contribution is 5.77. The largest absolute Gasteiger partial charge is 0.355 e. The number of carbonyl (C=O) groups is 1. The Hall–Kier alpha value is -2.21. The Balaban J connectivity index is 1.75. The first kappa shape index (κ1) is 16.6. The molecule has 128 valence electrons. The summed E-state index contributed by atoms with van der Waals surface area (Å²) in [5.41, 5.74) is 1.14. The van der Waals surface area contributed by atoms with E-state index in [9.17, 15) is 4.79 Å². The Morgan fingerprint density at radius 2 is 2.17 bits per heavy atom. The molecule has 3 rings (SSSR count). The zero-order chi connectivity index (χ0) is 16.8. The molecule has 0 spiro atoms. The van der Waals surface area contributed by atoms with Crippen molar-refractivity contribution in [2.24, 2.45) is 0 Å². The molecule has 0 unspecified atom stereocenters. The van der Waals surface area contributed by atoms with Gasteiger partial charge in [0.1, 0.15) is 0 Å². The van der Waals surface area contributed by atoms with Gasteiger partial charge in [0, 0.05) is 32.0 Å². The lowest BCUT2D eigenvalue weighted by molar-refractivity contribution is -0.121. The van der Waals surface area contributed by atoms with Gasteiger partial charge < -0.3 is 9.84 Å². The molecular weight excluding hydrogens is 304 g/mol. The molecule has 1 aromatic heterocycles. The highest BCUT2D eigenvalue weighted by atomic mass is 16.5. The second-order valence-electron chi connectivity index (χ2n) is 6.16. The third-order valence-corrected chi connectivity index (χ3v) is 4.32. The first-order valence-electron chi connectivity index (χ1n) is 8.63. The second kappa shape index (κ2) is 8.06. The summed E-state index contributed by atoms with van der Waals surface area (Å²) in [7, 11) is 0. The van der Waals surface area contributed by atoms with E-state index in [2.05, 4.69) is 39.4 Å². The maximum atomic E-state index is 12.0. The molecule has 6 nitrogen and oxygen atoms in total. The van der Waals surface area contributed by atoms with Gasteiger partial charge in [0.2, 0.25) is 11.8 Å². The fourth-order valence-corrected chi connectivity index (χ4v) is 3.03. The summed E-state index contributed by atoms with van der Waals surface area (Å²) in [4.78, 5) is 18.7. The van der Waals surface area contributed by atoms with Crippen LogP contribution in [0.5, 0.6) is 0 Å². The highest BCUT2D eigenvalue weighted by Crippen LogP contribution is 2.26. The van der Waals surface area contributed by atoms with Crippen molar-refractivity contribution in [1.82, 2.24) is 20.4 Å². The van der Waals surface area contributed by atoms with Gasteiger partial charge in [0.05, 0.1) is 6.54 Å². The Labute approximate surface area is 142 Å². The predicted octanol–water partition coefficient (Wildman–Crippen LogP) is 2.48. The number of benzene rings is 1. The van der Waals surface area contributed by atoms with Crippen LogP contribution in [0, 0.1) is 0 Å². The van der Waals surface area contributed by atoms with Gasteiger partial charge in [0.25, 0.3) is 0 Å². The van der Waals surface area contributed by atoms with E-state index in [0.29, 0.717) is 31.2 Å². The number of nitrogens with one attached hydrogen (secondary N) is 1. The lowest BCUT2D eigenvalue weighted by Gasteiger charge is -2.28. The summed E-state index contributed by atoms with van der Waals surface area (Å²) < 4.78 is 5.33. The summed E-state index contributed by atoms with van der Waals surface area (Å²) >= 11 is 0. The van der Waals surface area contributed by atoms with E-state index in [1.54, 1.807) is 0 Å². The van der Waals surface area contributed by atoms with Crippen LogP contribution in [-0.2, 0) is 17.8 Å². The van der Waals surface area contributed by atoms with E-state index >= 15 is 0 Å². The predicted molar refractivity (Wildman–Crippen MR) is 90.1 cm³/mol. The maximum Gasteiger partial charge on any atom is 0.226 e. The minimum Gasteiger partial charge on any atom is -0.355 e. The van der Waals surface area contributed by atoms with Crippen LogP contribution in [0.15, 0.2) is 34.9 Å². The molecule has 0 aliphatic carbocycles. The molecule has 1 N–H and O–H groups in total. The number of amides is 1. The minimum absolute atomic E-state index is 0.0336. The third kappa shape index (κ3) is 4.20. The van der Waals surface area contributed by atoms with Crippen molar-refractivity contribution in [2.45, 2.75) is 45.2 Å². The van der Waals surface area contributed by atoms with Crippen LogP contribution in [0.2, 0.25) is 0 Å². The molecule has 0 bridgehead atoms. The molecule has 24 heavy (non-hydrogen) atoms. The fourth-order valence-electron chi connectivity index (χ4n) is 3.03. The first-order valence-corrected chi connectivity index (χ1v) is 8.63. The topological polar surface area (TPSA) is 71.3 Å². The summed E-state index contributed by atoms with van der Waals surface area (Å²) in [5, 5.41) is 7.06. The van der Waals surface area contributed by atoms with Crippen molar-refractivity contribution >= 4 is 5.91 Å². The van der Waals surface area contributed by atoms with Crippen molar-refractivity contribution < 1.29 is 9.32 Å². The molecule has 2 heterocycles. The van der Waals surface area contributed by atoms with Gasteiger partial charge in [-0.3, -0.25) is 9.69 Å². The van der Waals surface area contributed by atoms with Crippen LogP contribution in [0.4, 0.5) is 0 Å². The smallest absolute Gasteiger partial charge is 0.226 e. The number of carbonyl (C=O) groups excluding carboxylic acids is 1. The fraction of sp³-hybridized carbons (Fsp3) is 0.500. The summed E-state index contributed by atoms with van der Waals surface area (Å²) in [6.45, 7) is 4.14. The van der Waals surface area contributed by atoms with E-state index in [1.165, 1.54) is 0 Å². The number of aryl methyl sites for hydroxylation is 1. The molecule has 1 amide bonds. The van der Waals surface area contributed by atoms with Gasteiger partial charge in [-0.25, -0.2) is 0 Å². The van der Waals surface area contributed by atoms with Gasteiger partial charge in [-0.15, -0.1) is 0 Å². The summed E-state index contributed by atoms with van der Waals surface area (Å²) in [5.74, 6) is 1.48. The van der Waals surface area contributed by atoms with Crippen molar-refractivity contribution in [3.05, 3.63) is 47.6 Å². The molecule has 2 aromatic rings. The number of aromatic nitrogens is 2. The average molecular weight is 328 g/mol. The summed E-state index contributed by atoms with van der Waals surface area (Å²) in [6.07, 6.45) is 3.43. The Morgan fingerprint density at radius 1 is 1.33 bits per heavy atom. The van der Waals surface area contributed by atoms with E-state index in [0.717, 1.165) is 31.4 Å². The van der Waals surface area contributed by atoms with Gasteiger partial charge in [-0.2, -0.15) is 4.98 Å². The monoisotopic (exact) mass is 328 g/mol. The summed E-state index contributed by atoms with van der Waals surface area (Å²) in [6, 6.07) is 10.2.